The molecule has 184 valence electrons. The zero-order chi connectivity index (χ0) is 25.1. The number of para-hydroxylation sites is 1. The summed E-state index contributed by atoms with van der Waals surface area (Å²) in [6.45, 7) is 2.95. The first-order valence-electron chi connectivity index (χ1n) is 10.8. The Morgan fingerprint density at radius 3 is 2.44 bits per heavy atom. The van der Waals surface area contributed by atoms with Gasteiger partial charge in [0.2, 0.25) is 0 Å². The molecule has 0 spiro atoms. The van der Waals surface area contributed by atoms with Crippen molar-refractivity contribution in [2.45, 2.75) is 19.4 Å². The number of carbonyl (C=O) groups excluding carboxylic acids is 1. The third kappa shape index (κ3) is 7.62. The molecule has 0 saturated carbocycles. The SMILES string of the molecule is CCc1c(NCCNCC(COc2ccccc2)OC(=O)/C=C/C(=O)O)n(C)c(=O)n(C)c1=O. The van der Waals surface area contributed by atoms with Crippen LogP contribution in [0.5, 0.6) is 5.75 Å². The highest BCUT2D eigenvalue weighted by molar-refractivity contribution is 5.90. The lowest BCUT2D eigenvalue weighted by Crippen LogP contribution is -2.41. The van der Waals surface area contributed by atoms with Crippen molar-refractivity contribution in [1.82, 2.24) is 14.5 Å². The Kier molecular flexibility index (Phi) is 10.1. The summed E-state index contributed by atoms with van der Waals surface area (Å²) >= 11 is 0. The van der Waals surface area contributed by atoms with Crippen LogP contribution in [-0.2, 0) is 34.8 Å². The molecule has 0 bridgehead atoms. The first-order valence-corrected chi connectivity index (χ1v) is 10.8. The molecule has 2 aromatic rings. The molecule has 0 radical (unpaired) electrons. The van der Waals surface area contributed by atoms with Gasteiger partial charge in [0.05, 0.1) is 5.56 Å². The van der Waals surface area contributed by atoms with Gasteiger partial charge < -0.3 is 25.2 Å². The maximum absolute atomic E-state index is 12.3. The first-order chi connectivity index (χ1) is 16.2. The molecule has 1 heterocycles. The van der Waals surface area contributed by atoms with Crippen LogP contribution in [0.3, 0.4) is 0 Å². The molecule has 1 aromatic heterocycles. The van der Waals surface area contributed by atoms with Crippen LogP contribution in [0.2, 0.25) is 0 Å². The molecule has 11 nitrogen and oxygen atoms in total. The van der Waals surface area contributed by atoms with Crippen molar-refractivity contribution in [3.63, 3.8) is 0 Å². The van der Waals surface area contributed by atoms with Crippen molar-refractivity contribution < 1.29 is 24.2 Å². The van der Waals surface area contributed by atoms with E-state index in [-0.39, 0.29) is 18.7 Å². The van der Waals surface area contributed by atoms with Crippen LogP contribution in [0.4, 0.5) is 5.82 Å². The van der Waals surface area contributed by atoms with E-state index in [0.29, 0.717) is 42.7 Å². The van der Waals surface area contributed by atoms with E-state index >= 15 is 0 Å². The molecule has 0 fully saturated rings. The van der Waals surface area contributed by atoms with E-state index in [2.05, 4.69) is 10.6 Å². The lowest BCUT2D eigenvalue weighted by Gasteiger charge is -2.19. The molecule has 0 amide bonds. The van der Waals surface area contributed by atoms with E-state index in [1.807, 2.05) is 25.1 Å². The summed E-state index contributed by atoms with van der Waals surface area (Å²) in [7, 11) is 3.04. The Morgan fingerprint density at radius 1 is 1.09 bits per heavy atom. The standard InChI is InChI=1S/C23H30N4O7/c1-4-18-21(26(2)23(32)27(3)22(18)31)25-13-12-24-14-17(34-20(30)11-10-19(28)29)15-33-16-8-6-5-7-9-16/h5-11,17,24-25H,4,12-15H2,1-3H3,(H,28,29)/b11-10+. The van der Waals surface area contributed by atoms with Crippen molar-refractivity contribution in [2.75, 3.05) is 31.6 Å². The van der Waals surface area contributed by atoms with E-state index in [9.17, 15) is 19.2 Å². The number of benzene rings is 1. The molecule has 1 atom stereocenters. The third-order valence-electron chi connectivity index (χ3n) is 4.90. The third-order valence-corrected chi connectivity index (χ3v) is 4.90. The van der Waals surface area contributed by atoms with Crippen molar-refractivity contribution in [3.05, 3.63) is 68.9 Å². The maximum atomic E-state index is 12.3. The highest BCUT2D eigenvalue weighted by Gasteiger charge is 2.16. The van der Waals surface area contributed by atoms with Crippen molar-refractivity contribution in [1.29, 1.82) is 0 Å². The number of carboxylic acid groups (broad SMARTS) is 1. The largest absolute Gasteiger partial charge is 0.490 e. The minimum Gasteiger partial charge on any atom is -0.490 e. The van der Waals surface area contributed by atoms with Crippen molar-refractivity contribution >= 4 is 17.8 Å². The van der Waals surface area contributed by atoms with Gasteiger partial charge in [-0.1, -0.05) is 25.1 Å². The number of esters is 1. The summed E-state index contributed by atoms with van der Waals surface area (Å²) < 4.78 is 13.4. The monoisotopic (exact) mass is 474 g/mol. The molecule has 0 aliphatic carbocycles. The Morgan fingerprint density at radius 2 is 1.79 bits per heavy atom. The summed E-state index contributed by atoms with van der Waals surface area (Å²) in [6.07, 6.45) is 1.32. The fraction of sp³-hybridized carbons (Fsp3) is 0.391. The van der Waals surface area contributed by atoms with E-state index in [1.165, 1.54) is 11.6 Å². The molecule has 3 N–H and O–H groups in total. The van der Waals surface area contributed by atoms with Crippen LogP contribution in [-0.4, -0.2) is 58.5 Å². The van der Waals surface area contributed by atoms with Gasteiger partial charge in [-0.15, -0.1) is 0 Å². The fourth-order valence-electron chi connectivity index (χ4n) is 3.17. The van der Waals surface area contributed by atoms with E-state index in [0.717, 1.165) is 10.6 Å². The number of aromatic nitrogens is 2. The van der Waals surface area contributed by atoms with Gasteiger partial charge in [0.15, 0.2) is 0 Å². The maximum Gasteiger partial charge on any atom is 0.332 e. The molecule has 11 heteroatoms. The number of carboxylic acids is 1. The highest BCUT2D eigenvalue weighted by atomic mass is 16.6. The van der Waals surface area contributed by atoms with Gasteiger partial charge in [-0.25, -0.2) is 14.4 Å². The highest BCUT2D eigenvalue weighted by Crippen LogP contribution is 2.10. The van der Waals surface area contributed by atoms with Gasteiger partial charge in [0, 0.05) is 45.9 Å². The summed E-state index contributed by atoms with van der Waals surface area (Å²) in [4.78, 5) is 47.1. The van der Waals surface area contributed by atoms with Gasteiger partial charge in [-0.3, -0.25) is 13.9 Å². The number of ether oxygens (including phenoxy) is 2. The number of nitrogens with zero attached hydrogens (tertiary/aromatic N) is 2. The van der Waals surface area contributed by atoms with Gasteiger partial charge in [0.25, 0.3) is 5.56 Å². The van der Waals surface area contributed by atoms with Crippen LogP contribution >= 0.6 is 0 Å². The molecular formula is C23H30N4O7. The lowest BCUT2D eigenvalue weighted by molar-refractivity contribution is -0.144. The Labute approximate surface area is 196 Å². The molecular weight excluding hydrogens is 444 g/mol. The normalized spacial score (nSPS) is 11.9. The van der Waals surface area contributed by atoms with E-state index in [1.54, 1.807) is 19.2 Å². The van der Waals surface area contributed by atoms with Crippen molar-refractivity contribution in [3.8, 4) is 5.75 Å². The smallest absolute Gasteiger partial charge is 0.332 e. The molecule has 1 aromatic carbocycles. The number of aliphatic carboxylic acids is 1. The van der Waals surface area contributed by atoms with Crippen LogP contribution in [0.25, 0.3) is 0 Å². The number of nitrogens with one attached hydrogen (secondary N) is 2. The second-order valence-corrected chi connectivity index (χ2v) is 7.37. The second-order valence-electron chi connectivity index (χ2n) is 7.37. The van der Waals surface area contributed by atoms with Crippen LogP contribution in [0, 0.1) is 0 Å². The average Bonchev–Trinajstić information content (AvgIpc) is 2.83. The number of hydrogen-bond acceptors (Lipinski definition) is 8. The fourth-order valence-corrected chi connectivity index (χ4v) is 3.17. The van der Waals surface area contributed by atoms with Crippen molar-refractivity contribution in [2.24, 2.45) is 14.1 Å². The van der Waals surface area contributed by atoms with Crippen LogP contribution in [0.1, 0.15) is 12.5 Å². The van der Waals surface area contributed by atoms with Gasteiger partial charge >= 0.3 is 17.6 Å². The first kappa shape index (κ1) is 26.4. The topological polar surface area (TPSA) is 141 Å². The quantitative estimate of drug-likeness (QED) is 0.212. The minimum atomic E-state index is -1.25. The van der Waals surface area contributed by atoms with E-state index < -0.39 is 23.7 Å². The molecule has 0 saturated heterocycles. The molecule has 0 aliphatic heterocycles. The van der Waals surface area contributed by atoms with Gasteiger partial charge in [-0.05, 0) is 18.6 Å². The summed E-state index contributed by atoms with van der Waals surface area (Å²) in [5.41, 5.74) is -0.240. The summed E-state index contributed by atoms with van der Waals surface area (Å²) in [5, 5.41) is 14.9. The number of anilines is 1. The molecule has 2 rings (SSSR count). The van der Waals surface area contributed by atoms with Gasteiger partial charge in [-0.2, -0.15) is 0 Å². The Hall–Kier alpha value is -3.86. The molecule has 1 unspecified atom stereocenters. The zero-order valence-electron chi connectivity index (χ0n) is 19.4. The van der Waals surface area contributed by atoms with Crippen LogP contribution < -0.4 is 26.6 Å². The zero-order valence-corrected chi connectivity index (χ0v) is 19.4. The average molecular weight is 475 g/mol. The summed E-state index contributed by atoms with van der Waals surface area (Å²) in [6, 6.07) is 8.99. The predicted octanol–water partition coefficient (Wildman–Crippen LogP) is 0.280. The Balaban J connectivity index is 1.95. The molecule has 0 aliphatic rings. The van der Waals surface area contributed by atoms with E-state index in [4.69, 9.17) is 14.6 Å². The second kappa shape index (κ2) is 13.0. The predicted molar refractivity (Wildman–Crippen MR) is 126 cm³/mol. The molecule has 34 heavy (non-hydrogen) atoms. The summed E-state index contributed by atoms with van der Waals surface area (Å²) in [5.74, 6) is -0.988. The van der Waals surface area contributed by atoms with Gasteiger partial charge in [0.1, 0.15) is 24.3 Å². The lowest BCUT2D eigenvalue weighted by atomic mass is 10.2. The number of carbonyl (C=O) groups is 2. The van der Waals surface area contributed by atoms with Crippen LogP contribution in [0.15, 0.2) is 52.1 Å². The number of rotatable bonds is 13. The Bertz CT molecular complexity index is 1120. The minimum absolute atomic E-state index is 0.0559. The number of hydrogen-bond donors (Lipinski definition) is 3.